The lowest BCUT2D eigenvalue weighted by Gasteiger charge is -2.32. The third kappa shape index (κ3) is 3.36. The number of hydrogen-bond donors (Lipinski definition) is 0. The van der Waals surface area contributed by atoms with Crippen molar-refractivity contribution in [1.29, 1.82) is 0 Å². The first-order chi connectivity index (χ1) is 12.2. The van der Waals surface area contributed by atoms with Gasteiger partial charge in [-0.1, -0.05) is 18.2 Å². The van der Waals surface area contributed by atoms with Crippen molar-refractivity contribution >= 4 is 0 Å². The third-order valence-electron chi connectivity index (χ3n) is 4.62. The monoisotopic (exact) mass is 338 g/mol. The molecule has 3 aromatic rings. The van der Waals surface area contributed by atoms with Gasteiger partial charge in [-0.15, -0.1) is 0 Å². The molecule has 0 bridgehead atoms. The summed E-state index contributed by atoms with van der Waals surface area (Å²) in [4.78, 5) is 6.94. The summed E-state index contributed by atoms with van der Waals surface area (Å²) in [6, 6.07) is 12.0. The van der Waals surface area contributed by atoms with Gasteiger partial charge in [0, 0.05) is 31.9 Å². The van der Waals surface area contributed by atoms with E-state index in [-0.39, 0.29) is 6.10 Å². The van der Waals surface area contributed by atoms with Crippen LogP contribution in [0, 0.1) is 6.92 Å². The molecule has 4 rings (SSSR count). The van der Waals surface area contributed by atoms with Gasteiger partial charge in [0.05, 0.1) is 24.5 Å². The summed E-state index contributed by atoms with van der Waals surface area (Å²) in [7, 11) is 1.95. The minimum atomic E-state index is 0.0399. The molecule has 0 N–H and O–H groups in total. The van der Waals surface area contributed by atoms with E-state index in [1.807, 2.05) is 61.2 Å². The van der Waals surface area contributed by atoms with Gasteiger partial charge in [-0.05, 0) is 25.1 Å². The quantitative estimate of drug-likeness (QED) is 0.732. The third-order valence-corrected chi connectivity index (χ3v) is 4.62. The van der Waals surface area contributed by atoms with Gasteiger partial charge in [0.25, 0.3) is 0 Å². The van der Waals surface area contributed by atoms with Crippen LogP contribution in [0.25, 0.3) is 11.5 Å². The van der Waals surface area contributed by atoms with Crippen molar-refractivity contribution in [3.8, 4) is 11.5 Å². The lowest BCUT2D eigenvalue weighted by molar-refractivity contribution is -0.0383. The zero-order valence-electron chi connectivity index (χ0n) is 14.6. The topological polar surface area (TPSA) is 56.3 Å². The Labute approximate surface area is 147 Å². The second kappa shape index (κ2) is 6.82. The molecule has 3 heterocycles. The molecular weight excluding hydrogens is 316 g/mol. The van der Waals surface area contributed by atoms with E-state index >= 15 is 0 Å². The van der Waals surface area contributed by atoms with Crippen LogP contribution in [0.15, 0.2) is 47.0 Å². The van der Waals surface area contributed by atoms with E-state index in [1.54, 1.807) is 0 Å². The van der Waals surface area contributed by atoms with Crippen LogP contribution in [0.3, 0.4) is 0 Å². The van der Waals surface area contributed by atoms with Crippen LogP contribution in [0.1, 0.15) is 23.3 Å². The molecule has 0 amide bonds. The molecule has 0 spiro atoms. The molecule has 6 nitrogen and oxygen atoms in total. The Hall–Kier alpha value is -2.44. The fraction of sp³-hybridized carbons (Fsp3) is 0.368. The Bertz CT molecular complexity index is 840. The predicted molar refractivity (Wildman–Crippen MR) is 93.9 cm³/mol. The molecule has 1 atom stereocenters. The molecule has 1 aliphatic heterocycles. The highest BCUT2D eigenvalue weighted by atomic mass is 16.5. The number of oxazole rings is 1. The molecule has 0 aliphatic carbocycles. The van der Waals surface area contributed by atoms with E-state index in [1.165, 1.54) is 0 Å². The highest BCUT2D eigenvalue weighted by Gasteiger charge is 2.25. The highest BCUT2D eigenvalue weighted by Crippen LogP contribution is 2.26. The maximum atomic E-state index is 6.04. The minimum Gasteiger partial charge on any atom is -0.440 e. The van der Waals surface area contributed by atoms with Crippen LogP contribution in [0.4, 0.5) is 0 Å². The molecule has 1 aromatic carbocycles. The van der Waals surface area contributed by atoms with Gasteiger partial charge in [0.1, 0.15) is 11.9 Å². The largest absolute Gasteiger partial charge is 0.440 e. The van der Waals surface area contributed by atoms with Crippen molar-refractivity contribution in [2.45, 2.75) is 19.6 Å². The van der Waals surface area contributed by atoms with E-state index in [4.69, 9.17) is 9.15 Å². The maximum absolute atomic E-state index is 6.04. The summed E-state index contributed by atoms with van der Waals surface area (Å²) >= 11 is 0. The second-order valence-corrected chi connectivity index (χ2v) is 6.37. The maximum Gasteiger partial charge on any atom is 0.226 e. The normalized spacial score (nSPS) is 18.6. The molecule has 1 saturated heterocycles. The minimum absolute atomic E-state index is 0.0399. The lowest BCUT2D eigenvalue weighted by Crippen LogP contribution is -2.38. The molecule has 0 radical (unpaired) electrons. The number of morpholine rings is 1. The van der Waals surface area contributed by atoms with E-state index in [0.717, 1.165) is 42.3 Å². The second-order valence-electron chi connectivity index (χ2n) is 6.37. The SMILES string of the molecule is Cc1nc(-c2ccccc2)oc1CN1CCOC(c2ccnn2C)C1. The number of aromatic nitrogens is 3. The molecule has 130 valence electrons. The molecular formula is C19H22N4O2. The summed E-state index contributed by atoms with van der Waals surface area (Å²) < 4.78 is 13.8. The first kappa shape index (κ1) is 16.1. The van der Waals surface area contributed by atoms with E-state index < -0.39 is 0 Å². The smallest absolute Gasteiger partial charge is 0.226 e. The van der Waals surface area contributed by atoms with Gasteiger partial charge >= 0.3 is 0 Å². The summed E-state index contributed by atoms with van der Waals surface area (Å²) in [5, 5.41) is 4.24. The van der Waals surface area contributed by atoms with Gasteiger partial charge < -0.3 is 9.15 Å². The zero-order chi connectivity index (χ0) is 17.2. The van der Waals surface area contributed by atoms with E-state index in [0.29, 0.717) is 12.5 Å². The number of ether oxygens (including phenoxy) is 1. The van der Waals surface area contributed by atoms with Gasteiger partial charge in [-0.3, -0.25) is 9.58 Å². The van der Waals surface area contributed by atoms with Crippen molar-refractivity contribution < 1.29 is 9.15 Å². The van der Waals surface area contributed by atoms with Crippen LogP contribution >= 0.6 is 0 Å². The Kier molecular flexibility index (Phi) is 4.38. The van der Waals surface area contributed by atoms with Gasteiger partial charge in [-0.2, -0.15) is 5.10 Å². The average Bonchev–Trinajstić information content (AvgIpc) is 3.22. The number of benzene rings is 1. The van der Waals surface area contributed by atoms with Crippen molar-refractivity contribution in [2.75, 3.05) is 19.7 Å². The number of nitrogens with zero attached hydrogens (tertiary/aromatic N) is 4. The molecule has 1 unspecified atom stereocenters. The first-order valence-corrected chi connectivity index (χ1v) is 8.54. The van der Waals surface area contributed by atoms with Crippen molar-refractivity contribution in [3.63, 3.8) is 0 Å². The summed E-state index contributed by atoms with van der Waals surface area (Å²) in [5.41, 5.74) is 3.05. The summed E-state index contributed by atoms with van der Waals surface area (Å²) in [6.45, 7) is 5.15. The Balaban J connectivity index is 1.49. The predicted octanol–water partition coefficient (Wildman–Crippen LogP) is 2.96. The highest BCUT2D eigenvalue weighted by molar-refractivity contribution is 5.53. The Morgan fingerprint density at radius 2 is 2.04 bits per heavy atom. The number of hydrogen-bond acceptors (Lipinski definition) is 5. The number of rotatable bonds is 4. The van der Waals surface area contributed by atoms with E-state index in [2.05, 4.69) is 15.0 Å². The van der Waals surface area contributed by atoms with Gasteiger partial charge in [0.15, 0.2) is 0 Å². The standard InChI is InChI=1S/C19H22N4O2/c1-14-17(25-19(21-14)15-6-4-3-5-7-15)12-23-10-11-24-18(13-23)16-8-9-20-22(16)2/h3-9,18H,10-13H2,1-2H3. The number of aryl methyl sites for hydroxylation is 2. The molecule has 2 aromatic heterocycles. The van der Waals surface area contributed by atoms with Crippen molar-refractivity contribution in [1.82, 2.24) is 19.7 Å². The Morgan fingerprint density at radius 3 is 2.80 bits per heavy atom. The van der Waals surface area contributed by atoms with Gasteiger partial charge in [-0.25, -0.2) is 4.98 Å². The molecule has 1 fully saturated rings. The van der Waals surface area contributed by atoms with Crippen molar-refractivity contribution in [2.24, 2.45) is 7.05 Å². The van der Waals surface area contributed by atoms with Crippen LogP contribution < -0.4 is 0 Å². The molecule has 6 heteroatoms. The van der Waals surface area contributed by atoms with E-state index in [9.17, 15) is 0 Å². The lowest BCUT2D eigenvalue weighted by atomic mass is 10.2. The Morgan fingerprint density at radius 1 is 1.20 bits per heavy atom. The summed E-state index contributed by atoms with van der Waals surface area (Å²) in [5.74, 6) is 1.61. The molecule has 25 heavy (non-hydrogen) atoms. The summed E-state index contributed by atoms with van der Waals surface area (Å²) in [6.07, 6.45) is 1.85. The fourth-order valence-electron chi connectivity index (χ4n) is 3.21. The van der Waals surface area contributed by atoms with Crippen LogP contribution in [0.5, 0.6) is 0 Å². The average molecular weight is 338 g/mol. The van der Waals surface area contributed by atoms with Crippen LogP contribution in [0.2, 0.25) is 0 Å². The molecule has 1 aliphatic rings. The first-order valence-electron chi connectivity index (χ1n) is 8.54. The molecule has 0 saturated carbocycles. The van der Waals surface area contributed by atoms with Crippen LogP contribution in [-0.4, -0.2) is 39.4 Å². The fourth-order valence-corrected chi connectivity index (χ4v) is 3.21. The van der Waals surface area contributed by atoms with Crippen molar-refractivity contribution in [3.05, 3.63) is 59.7 Å². The van der Waals surface area contributed by atoms with Crippen LogP contribution in [-0.2, 0) is 18.3 Å². The zero-order valence-corrected chi connectivity index (χ0v) is 14.6. The van der Waals surface area contributed by atoms with Gasteiger partial charge in [0.2, 0.25) is 5.89 Å².